The smallest absolute Gasteiger partial charge is 0.305 e. The molecule has 1 heterocycles. The monoisotopic (exact) mass is 384 g/mol. The summed E-state index contributed by atoms with van der Waals surface area (Å²) in [7, 11) is 0. The predicted molar refractivity (Wildman–Crippen MR) is 101 cm³/mol. The molecule has 1 saturated heterocycles. The number of hydrogen-bond donors (Lipinski definition) is 1. The third-order valence-corrected chi connectivity index (χ3v) is 5.71. The average Bonchev–Trinajstić information content (AvgIpc) is 3.35. The molecule has 0 aromatic rings. The van der Waals surface area contributed by atoms with Crippen molar-refractivity contribution in [2.75, 3.05) is 13.2 Å². The molecule has 2 aliphatic rings. The van der Waals surface area contributed by atoms with Crippen molar-refractivity contribution in [3.63, 3.8) is 0 Å². The fraction of sp³-hybridized carbons (Fsp3) is 0.905. The molecule has 5 atom stereocenters. The molecule has 1 aliphatic heterocycles. The van der Waals surface area contributed by atoms with E-state index in [0.717, 1.165) is 38.5 Å². The van der Waals surface area contributed by atoms with Gasteiger partial charge in [0, 0.05) is 12.8 Å². The van der Waals surface area contributed by atoms with E-state index >= 15 is 0 Å². The minimum atomic E-state index is -0.249. The Balaban J connectivity index is 1.46. The van der Waals surface area contributed by atoms with Crippen LogP contribution in [0, 0.1) is 11.8 Å². The van der Waals surface area contributed by atoms with Gasteiger partial charge in [-0.1, -0.05) is 13.3 Å². The zero-order valence-electron chi connectivity index (χ0n) is 16.9. The van der Waals surface area contributed by atoms with Crippen LogP contribution in [0.15, 0.2) is 0 Å². The Morgan fingerprint density at radius 1 is 1.15 bits per heavy atom. The van der Waals surface area contributed by atoms with Crippen molar-refractivity contribution in [2.24, 2.45) is 11.8 Å². The number of epoxide rings is 1. The van der Waals surface area contributed by atoms with Gasteiger partial charge in [-0.2, -0.15) is 0 Å². The zero-order valence-corrected chi connectivity index (χ0v) is 16.9. The highest BCUT2D eigenvalue weighted by molar-refractivity contribution is 5.70. The molecule has 5 unspecified atom stereocenters. The Morgan fingerprint density at radius 3 is 2.41 bits per heavy atom. The molecule has 2 fully saturated rings. The van der Waals surface area contributed by atoms with Gasteiger partial charge in [0.15, 0.2) is 0 Å². The minimum Gasteiger partial charge on any atom is -0.465 e. The summed E-state index contributed by atoms with van der Waals surface area (Å²) in [6.07, 6.45) is 7.88. The molecule has 0 aromatic carbocycles. The maximum Gasteiger partial charge on any atom is 0.305 e. The van der Waals surface area contributed by atoms with Crippen molar-refractivity contribution in [3.05, 3.63) is 0 Å². The highest BCUT2D eigenvalue weighted by atomic mass is 16.6. The van der Waals surface area contributed by atoms with Crippen LogP contribution >= 0.6 is 0 Å². The van der Waals surface area contributed by atoms with E-state index in [4.69, 9.17) is 14.2 Å². The molecule has 1 N–H and O–H groups in total. The molecule has 0 aromatic heterocycles. The Morgan fingerprint density at radius 2 is 1.81 bits per heavy atom. The lowest BCUT2D eigenvalue weighted by molar-refractivity contribution is -0.147. The van der Waals surface area contributed by atoms with Gasteiger partial charge in [0.25, 0.3) is 0 Å². The van der Waals surface area contributed by atoms with Crippen LogP contribution in [0.4, 0.5) is 0 Å². The molecular formula is C21H36O6. The molecule has 27 heavy (non-hydrogen) atoms. The average molecular weight is 385 g/mol. The summed E-state index contributed by atoms with van der Waals surface area (Å²) in [6, 6.07) is 0. The second-order valence-corrected chi connectivity index (χ2v) is 8.15. The first-order valence-electron chi connectivity index (χ1n) is 10.6. The van der Waals surface area contributed by atoms with E-state index in [2.05, 4.69) is 13.8 Å². The third kappa shape index (κ3) is 9.06. The number of ether oxygens (including phenoxy) is 3. The van der Waals surface area contributed by atoms with E-state index in [1.54, 1.807) is 0 Å². The molecule has 0 bridgehead atoms. The van der Waals surface area contributed by atoms with Gasteiger partial charge in [-0.15, -0.1) is 0 Å². The van der Waals surface area contributed by atoms with Crippen LogP contribution in [0.5, 0.6) is 0 Å². The Kier molecular flexibility index (Phi) is 9.56. The van der Waals surface area contributed by atoms with Gasteiger partial charge in [-0.05, 0) is 63.7 Å². The molecule has 0 radical (unpaired) electrons. The Labute approximate surface area is 162 Å². The number of aliphatic hydroxyl groups is 1. The van der Waals surface area contributed by atoms with Crippen LogP contribution in [0.25, 0.3) is 0 Å². The fourth-order valence-electron chi connectivity index (χ4n) is 3.68. The first-order chi connectivity index (χ1) is 13.0. The van der Waals surface area contributed by atoms with Crippen molar-refractivity contribution >= 4 is 11.9 Å². The second-order valence-electron chi connectivity index (χ2n) is 8.15. The molecular weight excluding hydrogens is 348 g/mol. The number of rotatable bonds is 12. The van der Waals surface area contributed by atoms with Crippen molar-refractivity contribution in [3.8, 4) is 0 Å². The predicted octanol–water partition coefficient (Wildman–Crippen LogP) is 3.39. The number of carbonyl (C=O) groups is 2. The Hall–Kier alpha value is -1.14. The Bertz CT molecular complexity index is 466. The molecule has 0 amide bonds. The van der Waals surface area contributed by atoms with Gasteiger partial charge in [-0.3, -0.25) is 9.59 Å². The normalized spacial score (nSPS) is 28.4. The SMILES string of the molecule is CCC(COC(=O)CCCCC(=O)OCC1CCCC(O)C1)CC1OC1C. The lowest BCUT2D eigenvalue weighted by Gasteiger charge is -2.25. The number of esters is 2. The maximum absolute atomic E-state index is 11.8. The van der Waals surface area contributed by atoms with E-state index in [0.29, 0.717) is 57.0 Å². The molecule has 6 nitrogen and oxygen atoms in total. The molecule has 6 heteroatoms. The van der Waals surface area contributed by atoms with Gasteiger partial charge >= 0.3 is 11.9 Å². The first kappa shape index (κ1) is 22.2. The quantitative estimate of drug-likeness (QED) is 0.315. The van der Waals surface area contributed by atoms with Crippen LogP contribution in [-0.4, -0.2) is 48.6 Å². The van der Waals surface area contributed by atoms with Gasteiger partial charge in [0.05, 0.1) is 31.5 Å². The van der Waals surface area contributed by atoms with Gasteiger partial charge in [0.2, 0.25) is 0 Å². The van der Waals surface area contributed by atoms with Gasteiger partial charge in [0.1, 0.15) is 0 Å². The summed E-state index contributed by atoms with van der Waals surface area (Å²) in [5, 5.41) is 9.63. The zero-order chi connectivity index (χ0) is 19.6. The van der Waals surface area contributed by atoms with Crippen LogP contribution in [0.1, 0.15) is 78.1 Å². The highest BCUT2D eigenvalue weighted by Gasteiger charge is 2.35. The summed E-state index contributed by atoms with van der Waals surface area (Å²) >= 11 is 0. The molecule has 1 aliphatic carbocycles. The van der Waals surface area contributed by atoms with Crippen molar-refractivity contribution in [1.29, 1.82) is 0 Å². The van der Waals surface area contributed by atoms with E-state index in [9.17, 15) is 14.7 Å². The lowest BCUT2D eigenvalue weighted by Crippen LogP contribution is -2.24. The second kappa shape index (κ2) is 11.6. The molecule has 0 spiro atoms. The minimum absolute atomic E-state index is 0.192. The number of unbranched alkanes of at least 4 members (excludes halogenated alkanes) is 1. The van der Waals surface area contributed by atoms with Crippen molar-refractivity contribution in [2.45, 2.75) is 96.4 Å². The fourth-order valence-corrected chi connectivity index (χ4v) is 3.68. The van der Waals surface area contributed by atoms with Crippen LogP contribution in [0.3, 0.4) is 0 Å². The van der Waals surface area contributed by atoms with E-state index in [1.807, 2.05) is 0 Å². The first-order valence-corrected chi connectivity index (χ1v) is 10.6. The van der Waals surface area contributed by atoms with E-state index in [1.165, 1.54) is 0 Å². The number of aliphatic hydroxyl groups excluding tert-OH is 1. The largest absolute Gasteiger partial charge is 0.465 e. The molecule has 156 valence electrons. The number of carbonyl (C=O) groups excluding carboxylic acids is 2. The van der Waals surface area contributed by atoms with Crippen LogP contribution in [0.2, 0.25) is 0 Å². The lowest BCUT2D eigenvalue weighted by atomic mass is 9.88. The summed E-state index contributed by atoms with van der Waals surface area (Å²) in [5.74, 6) is 0.233. The van der Waals surface area contributed by atoms with Crippen molar-refractivity contribution < 1.29 is 28.9 Å². The van der Waals surface area contributed by atoms with Gasteiger partial charge < -0.3 is 19.3 Å². The standard InChI is InChI=1S/C21H36O6/c1-3-16(12-19-15(2)27-19)13-25-20(23)9-4-5-10-21(24)26-14-17-7-6-8-18(22)11-17/h15-19,22H,3-14H2,1-2H3. The third-order valence-electron chi connectivity index (χ3n) is 5.71. The summed E-state index contributed by atoms with van der Waals surface area (Å²) in [4.78, 5) is 23.6. The summed E-state index contributed by atoms with van der Waals surface area (Å²) < 4.78 is 16.1. The summed E-state index contributed by atoms with van der Waals surface area (Å²) in [6.45, 7) is 5.02. The molecule has 2 rings (SSSR count). The van der Waals surface area contributed by atoms with E-state index in [-0.39, 0.29) is 24.0 Å². The van der Waals surface area contributed by atoms with Crippen LogP contribution < -0.4 is 0 Å². The topological polar surface area (TPSA) is 85.4 Å². The molecule has 1 saturated carbocycles. The van der Waals surface area contributed by atoms with Crippen molar-refractivity contribution in [1.82, 2.24) is 0 Å². The number of hydrogen-bond acceptors (Lipinski definition) is 6. The van der Waals surface area contributed by atoms with Gasteiger partial charge in [-0.25, -0.2) is 0 Å². The maximum atomic E-state index is 11.8. The highest BCUT2D eigenvalue weighted by Crippen LogP contribution is 2.29. The van der Waals surface area contributed by atoms with Crippen LogP contribution in [-0.2, 0) is 23.8 Å². The summed E-state index contributed by atoms with van der Waals surface area (Å²) in [5.41, 5.74) is 0. The van der Waals surface area contributed by atoms with E-state index < -0.39 is 0 Å².